The van der Waals surface area contributed by atoms with Gasteiger partial charge in [0.25, 0.3) is 11.8 Å². The van der Waals surface area contributed by atoms with E-state index in [1.807, 2.05) is 6.92 Å². The maximum absolute atomic E-state index is 12.2. The lowest BCUT2D eigenvalue weighted by Crippen LogP contribution is -2.30. The van der Waals surface area contributed by atoms with Gasteiger partial charge in [-0.25, -0.2) is 0 Å². The van der Waals surface area contributed by atoms with Crippen molar-refractivity contribution in [1.29, 1.82) is 0 Å². The zero-order valence-electron chi connectivity index (χ0n) is 14.2. The molecule has 0 aliphatic rings. The molecule has 2 aromatic rings. The van der Waals surface area contributed by atoms with Gasteiger partial charge in [0.05, 0.1) is 0 Å². The first-order valence-electron chi connectivity index (χ1n) is 8.11. The van der Waals surface area contributed by atoms with Crippen LogP contribution in [-0.2, 0) is 4.79 Å². The lowest BCUT2D eigenvalue weighted by atomic mass is 10.2. The summed E-state index contributed by atoms with van der Waals surface area (Å²) in [5.74, 6) is 0.160. The van der Waals surface area contributed by atoms with Gasteiger partial charge >= 0.3 is 0 Å². The van der Waals surface area contributed by atoms with E-state index in [1.165, 1.54) is 0 Å². The predicted octanol–water partition coefficient (Wildman–Crippen LogP) is 3.89. The van der Waals surface area contributed by atoms with Crippen molar-refractivity contribution in [3.05, 3.63) is 59.1 Å². The number of carbonyl (C=O) groups excluding carboxylic acids is 2. The number of nitrogens with one attached hydrogen (secondary N) is 2. The molecule has 2 amide bonds. The zero-order chi connectivity index (χ0) is 18.2. The number of ether oxygens (including phenoxy) is 1. The van der Waals surface area contributed by atoms with Gasteiger partial charge in [0.1, 0.15) is 5.75 Å². The molecule has 0 radical (unpaired) electrons. The summed E-state index contributed by atoms with van der Waals surface area (Å²) >= 11 is 5.82. The van der Waals surface area contributed by atoms with E-state index in [0.29, 0.717) is 28.6 Å². The Morgan fingerprint density at radius 1 is 1.08 bits per heavy atom. The average molecular weight is 361 g/mol. The Bertz CT molecular complexity index is 714. The van der Waals surface area contributed by atoms with Gasteiger partial charge in [-0.15, -0.1) is 0 Å². The van der Waals surface area contributed by atoms with Crippen LogP contribution in [0.25, 0.3) is 0 Å². The second kappa shape index (κ2) is 9.08. The van der Waals surface area contributed by atoms with E-state index in [4.69, 9.17) is 16.3 Å². The van der Waals surface area contributed by atoms with Crippen LogP contribution in [-0.4, -0.2) is 24.5 Å². The monoisotopic (exact) mass is 360 g/mol. The van der Waals surface area contributed by atoms with E-state index in [9.17, 15) is 9.59 Å². The third kappa shape index (κ3) is 5.80. The summed E-state index contributed by atoms with van der Waals surface area (Å²) in [6.45, 7) is 4.29. The first kappa shape index (κ1) is 18.8. The predicted molar refractivity (Wildman–Crippen MR) is 99.2 cm³/mol. The van der Waals surface area contributed by atoms with Gasteiger partial charge in [-0.3, -0.25) is 9.59 Å². The van der Waals surface area contributed by atoms with Gasteiger partial charge < -0.3 is 15.4 Å². The third-order valence-corrected chi connectivity index (χ3v) is 3.70. The summed E-state index contributed by atoms with van der Waals surface area (Å²) in [5, 5.41) is 6.17. The molecule has 0 aliphatic carbocycles. The molecule has 25 heavy (non-hydrogen) atoms. The molecule has 0 spiro atoms. The molecule has 2 rings (SSSR count). The molecule has 2 N–H and O–H groups in total. The molecule has 6 heteroatoms. The van der Waals surface area contributed by atoms with Gasteiger partial charge in [0, 0.05) is 22.8 Å². The lowest BCUT2D eigenvalue weighted by Gasteiger charge is -2.15. The summed E-state index contributed by atoms with van der Waals surface area (Å²) in [4.78, 5) is 24.0. The minimum absolute atomic E-state index is 0.126. The lowest BCUT2D eigenvalue weighted by molar-refractivity contribution is -0.122. The molecule has 0 saturated heterocycles. The highest BCUT2D eigenvalue weighted by Crippen LogP contribution is 2.17. The van der Waals surface area contributed by atoms with Crippen LogP contribution in [0.2, 0.25) is 5.02 Å². The van der Waals surface area contributed by atoms with Crippen molar-refractivity contribution < 1.29 is 14.3 Å². The summed E-state index contributed by atoms with van der Waals surface area (Å²) in [5.41, 5.74) is 1.15. The van der Waals surface area contributed by atoms with Gasteiger partial charge in [-0.05, 0) is 61.9 Å². The maximum atomic E-state index is 12.2. The largest absolute Gasteiger partial charge is 0.481 e. The van der Waals surface area contributed by atoms with Crippen molar-refractivity contribution in [1.82, 2.24) is 5.32 Å². The highest BCUT2D eigenvalue weighted by Gasteiger charge is 2.15. The second-order valence-corrected chi connectivity index (χ2v) is 5.97. The van der Waals surface area contributed by atoms with Crippen LogP contribution in [0, 0.1) is 0 Å². The number of hydrogen-bond acceptors (Lipinski definition) is 3. The van der Waals surface area contributed by atoms with Crippen molar-refractivity contribution in [2.45, 2.75) is 26.4 Å². The van der Waals surface area contributed by atoms with Crippen LogP contribution >= 0.6 is 11.6 Å². The molecule has 0 heterocycles. The van der Waals surface area contributed by atoms with Gasteiger partial charge in [-0.2, -0.15) is 0 Å². The SMILES string of the molecule is CCCNC(=O)c1ccc(NC(=O)C(C)Oc2ccc(Cl)cc2)cc1. The fourth-order valence-electron chi connectivity index (χ4n) is 2.06. The number of halogens is 1. The second-order valence-electron chi connectivity index (χ2n) is 5.54. The molecular weight excluding hydrogens is 340 g/mol. The quantitative estimate of drug-likeness (QED) is 0.787. The van der Waals surface area contributed by atoms with E-state index >= 15 is 0 Å². The minimum atomic E-state index is -0.672. The van der Waals surface area contributed by atoms with E-state index in [0.717, 1.165) is 6.42 Å². The third-order valence-electron chi connectivity index (χ3n) is 3.45. The molecule has 0 fully saturated rings. The van der Waals surface area contributed by atoms with Crippen LogP contribution in [0.1, 0.15) is 30.6 Å². The Hall–Kier alpha value is -2.53. The van der Waals surface area contributed by atoms with Crippen LogP contribution in [0.15, 0.2) is 48.5 Å². The molecule has 0 aliphatic heterocycles. The Morgan fingerprint density at radius 2 is 1.72 bits per heavy atom. The van der Waals surface area contributed by atoms with Gasteiger partial charge in [0.2, 0.25) is 0 Å². The Balaban J connectivity index is 1.91. The summed E-state index contributed by atoms with van der Waals surface area (Å²) in [7, 11) is 0. The zero-order valence-corrected chi connectivity index (χ0v) is 15.0. The standard InChI is InChI=1S/C19H21ClN2O3/c1-3-12-21-19(24)14-4-8-16(9-5-14)22-18(23)13(2)25-17-10-6-15(20)7-11-17/h4-11,13H,3,12H2,1-2H3,(H,21,24)(H,22,23). The minimum Gasteiger partial charge on any atom is -0.481 e. The Kier molecular flexibility index (Phi) is 6.83. The molecule has 0 saturated carbocycles. The highest BCUT2D eigenvalue weighted by atomic mass is 35.5. The molecule has 5 nitrogen and oxygen atoms in total. The highest BCUT2D eigenvalue weighted by molar-refractivity contribution is 6.30. The van der Waals surface area contributed by atoms with Crippen LogP contribution < -0.4 is 15.4 Å². The number of hydrogen-bond donors (Lipinski definition) is 2. The van der Waals surface area contributed by atoms with Crippen LogP contribution in [0.5, 0.6) is 5.75 Å². The van der Waals surface area contributed by atoms with E-state index < -0.39 is 6.10 Å². The van der Waals surface area contributed by atoms with E-state index in [2.05, 4.69) is 10.6 Å². The molecule has 132 valence electrons. The average Bonchev–Trinajstić information content (AvgIpc) is 2.62. The number of anilines is 1. The fraction of sp³-hybridized carbons (Fsp3) is 0.263. The fourth-order valence-corrected chi connectivity index (χ4v) is 2.19. The Labute approximate surface area is 152 Å². The van der Waals surface area contributed by atoms with Gasteiger partial charge in [0.15, 0.2) is 6.10 Å². The van der Waals surface area contributed by atoms with Crippen molar-refractivity contribution in [2.75, 3.05) is 11.9 Å². The van der Waals surface area contributed by atoms with Gasteiger partial charge in [-0.1, -0.05) is 18.5 Å². The van der Waals surface area contributed by atoms with E-state index in [1.54, 1.807) is 55.5 Å². The molecule has 2 aromatic carbocycles. The van der Waals surface area contributed by atoms with Crippen molar-refractivity contribution >= 4 is 29.1 Å². The number of rotatable bonds is 7. The number of carbonyl (C=O) groups is 2. The first-order chi connectivity index (χ1) is 12.0. The maximum Gasteiger partial charge on any atom is 0.265 e. The molecule has 0 bridgehead atoms. The molecule has 1 atom stereocenters. The Morgan fingerprint density at radius 3 is 2.32 bits per heavy atom. The van der Waals surface area contributed by atoms with Crippen molar-refractivity contribution in [3.8, 4) is 5.75 Å². The van der Waals surface area contributed by atoms with Crippen LogP contribution in [0.4, 0.5) is 5.69 Å². The molecular formula is C19H21ClN2O3. The van der Waals surface area contributed by atoms with E-state index in [-0.39, 0.29) is 11.8 Å². The smallest absolute Gasteiger partial charge is 0.265 e. The molecule has 0 aromatic heterocycles. The number of benzene rings is 2. The van der Waals surface area contributed by atoms with Crippen LogP contribution in [0.3, 0.4) is 0 Å². The summed E-state index contributed by atoms with van der Waals surface area (Å²) in [6.07, 6.45) is 0.208. The normalized spacial score (nSPS) is 11.5. The van der Waals surface area contributed by atoms with Crippen molar-refractivity contribution in [3.63, 3.8) is 0 Å². The summed E-state index contributed by atoms with van der Waals surface area (Å²) < 4.78 is 5.57. The first-order valence-corrected chi connectivity index (χ1v) is 8.48. The van der Waals surface area contributed by atoms with Crippen molar-refractivity contribution in [2.24, 2.45) is 0 Å². The topological polar surface area (TPSA) is 67.4 Å². The number of amides is 2. The summed E-state index contributed by atoms with van der Waals surface area (Å²) in [6, 6.07) is 13.5. The molecule has 1 unspecified atom stereocenters.